The molecule has 2 nitrogen and oxygen atoms in total. The summed E-state index contributed by atoms with van der Waals surface area (Å²) in [5, 5.41) is 0. The Balaban J connectivity index is 2.44. The average Bonchev–Trinajstić information content (AvgIpc) is 2.28. The smallest absolute Gasteiger partial charge is 0.494 e. The molecule has 1 aromatic rings. The van der Waals surface area contributed by atoms with Crippen molar-refractivity contribution in [2.24, 2.45) is 0 Å². The lowest BCUT2D eigenvalue weighted by molar-refractivity contribution is 0.184. The van der Waals surface area contributed by atoms with Crippen molar-refractivity contribution in [2.45, 2.75) is 12.8 Å². The molecule has 0 saturated carbocycles. The third kappa shape index (κ3) is 5.13. The number of methoxy groups -OCH3 is 1. The van der Waals surface area contributed by atoms with Crippen LogP contribution in [0.15, 0.2) is 24.3 Å². The zero-order valence-corrected chi connectivity index (χ0v) is 9.67. The van der Waals surface area contributed by atoms with Crippen LogP contribution in [-0.4, -0.2) is 27.3 Å². The Bertz CT molecular complexity index is 342. The minimum atomic E-state index is -4.95. The second-order valence-electron chi connectivity index (χ2n) is 3.70. The maximum atomic E-state index is 12.4. The van der Waals surface area contributed by atoms with E-state index in [1.54, 1.807) is 7.11 Å². The highest BCUT2D eigenvalue weighted by Crippen LogP contribution is 2.14. The van der Waals surface area contributed by atoms with Crippen molar-refractivity contribution < 1.29 is 22.4 Å². The van der Waals surface area contributed by atoms with Crippen LogP contribution in [0, 0.1) is 0 Å². The lowest BCUT2D eigenvalue weighted by atomic mass is 9.80. The van der Waals surface area contributed by atoms with E-state index >= 15 is 0 Å². The monoisotopic (exact) mass is 247 g/mol. The summed E-state index contributed by atoms with van der Waals surface area (Å²) in [6.45, 7) is -3.92. The first-order valence-corrected chi connectivity index (χ1v) is 5.45. The van der Waals surface area contributed by atoms with Gasteiger partial charge in [0.25, 0.3) is 0 Å². The average molecular weight is 247 g/mol. The summed E-state index contributed by atoms with van der Waals surface area (Å²) in [6, 6.07) is 4.98. The molecule has 0 spiro atoms. The van der Waals surface area contributed by atoms with Gasteiger partial charge in [-0.25, -0.2) is 0 Å². The van der Waals surface area contributed by atoms with E-state index in [1.807, 2.05) is 0 Å². The summed E-state index contributed by atoms with van der Waals surface area (Å²) in [6.07, 6.45) is 1.59. The van der Waals surface area contributed by atoms with Gasteiger partial charge in [0.15, 0.2) is 0 Å². The highest BCUT2D eigenvalue weighted by molar-refractivity contribution is 6.73. The van der Waals surface area contributed by atoms with E-state index < -0.39 is 12.4 Å². The van der Waals surface area contributed by atoms with Gasteiger partial charge < -0.3 is 22.4 Å². The van der Waals surface area contributed by atoms with Crippen LogP contribution in [-0.2, 0) is 4.74 Å². The zero-order valence-electron chi connectivity index (χ0n) is 9.67. The molecule has 0 N–H and O–H groups in total. The molecule has 0 aliphatic carbocycles. The fourth-order valence-electron chi connectivity index (χ4n) is 1.35. The molecule has 96 valence electrons. The Labute approximate surface area is 98.8 Å². The van der Waals surface area contributed by atoms with E-state index in [0.717, 1.165) is 25.0 Å². The van der Waals surface area contributed by atoms with Crippen molar-refractivity contribution in [1.82, 2.24) is 0 Å². The van der Waals surface area contributed by atoms with Crippen LogP contribution >= 0.6 is 0 Å². The molecule has 1 aromatic carbocycles. The molecule has 0 unspecified atom stereocenters. The zero-order chi connectivity index (χ0) is 12.7. The number of rotatable bonds is 7. The molecular weight excluding hydrogens is 232 g/mol. The Kier molecular flexibility index (Phi) is 5.35. The SMILES string of the molecule is COCCCCOc1cccc([B-](F)(F)F)c1. The van der Waals surface area contributed by atoms with Crippen molar-refractivity contribution in [2.75, 3.05) is 20.3 Å². The molecule has 0 fully saturated rings. The number of benzene rings is 1. The van der Waals surface area contributed by atoms with Gasteiger partial charge in [-0.05, 0) is 25.0 Å². The van der Waals surface area contributed by atoms with Crippen molar-refractivity contribution in [1.29, 1.82) is 0 Å². The first kappa shape index (κ1) is 13.9. The topological polar surface area (TPSA) is 18.5 Å². The number of hydrogen-bond acceptors (Lipinski definition) is 2. The maximum absolute atomic E-state index is 12.4. The van der Waals surface area contributed by atoms with E-state index in [9.17, 15) is 12.9 Å². The summed E-state index contributed by atoms with van der Waals surface area (Å²) in [7, 11) is 1.61. The minimum Gasteiger partial charge on any atom is -0.494 e. The van der Waals surface area contributed by atoms with Crippen LogP contribution in [0.25, 0.3) is 0 Å². The van der Waals surface area contributed by atoms with E-state index in [-0.39, 0.29) is 5.75 Å². The maximum Gasteiger partial charge on any atom is 0.509 e. The van der Waals surface area contributed by atoms with Crippen LogP contribution in [0.2, 0.25) is 0 Å². The van der Waals surface area contributed by atoms with Crippen molar-refractivity contribution in [3.8, 4) is 5.75 Å². The molecule has 6 heteroatoms. The third-order valence-electron chi connectivity index (χ3n) is 2.25. The van der Waals surface area contributed by atoms with Gasteiger partial charge in [0.1, 0.15) is 5.75 Å². The Morgan fingerprint density at radius 1 is 1.12 bits per heavy atom. The molecule has 0 aliphatic rings. The van der Waals surface area contributed by atoms with Gasteiger partial charge in [0, 0.05) is 13.7 Å². The van der Waals surface area contributed by atoms with E-state index in [1.165, 1.54) is 12.1 Å². The minimum absolute atomic E-state index is 0.263. The Hall–Kier alpha value is -1.17. The van der Waals surface area contributed by atoms with Crippen LogP contribution in [0.4, 0.5) is 12.9 Å². The van der Waals surface area contributed by atoms with Gasteiger partial charge in [-0.3, -0.25) is 0 Å². The van der Waals surface area contributed by atoms with Gasteiger partial charge >= 0.3 is 6.98 Å². The molecule has 1 rings (SSSR count). The van der Waals surface area contributed by atoms with Crippen molar-refractivity contribution in [3.05, 3.63) is 24.3 Å². The fraction of sp³-hybridized carbons (Fsp3) is 0.455. The lowest BCUT2D eigenvalue weighted by Gasteiger charge is -2.16. The molecule has 0 bridgehead atoms. The number of halogens is 3. The molecule has 0 atom stereocenters. The van der Waals surface area contributed by atoms with Gasteiger partial charge in [-0.1, -0.05) is 12.1 Å². The molecule has 0 amide bonds. The molecule has 0 aliphatic heterocycles. The van der Waals surface area contributed by atoms with E-state index in [0.29, 0.717) is 13.2 Å². The van der Waals surface area contributed by atoms with Gasteiger partial charge in [0.05, 0.1) is 6.61 Å². The highest BCUT2D eigenvalue weighted by Gasteiger charge is 2.25. The summed E-state index contributed by atoms with van der Waals surface area (Å²) in [5.74, 6) is 0.263. The van der Waals surface area contributed by atoms with Crippen molar-refractivity contribution in [3.63, 3.8) is 0 Å². The molecular formula is C11H15BF3O2-. The Morgan fingerprint density at radius 3 is 2.47 bits per heavy atom. The molecule has 17 heavy (non-hydrogen) atoms. The largest absolute Gasteiger partial charge is 0.509 e. The Morgan fingerprint density at radius 2 is 1.82 bits per heavy atom. The molecule has 0 aromatic heterocycles. The van der Waals surface area contributed by atoms with Crippen LogP contribution in [0.1, 0.15) is 12.8 Å². The molecule has 0 saturated heterocycles. The normalized spacial score (nSPS) is 11.5. The second-order valence-corrected chi connectivity index (χ2v) is 3.70. The van der Waals surface area contributed by atoms with Crippen LogP contribution < -0.4 is 10.2 Å². The second kappa shape index (κ2) is 6.54. The fourth-order valence-corrected chi connectivity index (χ4v) is 1.35. The van der Waals surface area contributed by atoms with Crippen LogP contribution in [0.3, 0.4) is 0 Å². The summed E-state index contributed by atoms with van der Waals surface area (Å²) in [5.41, 5.74) is -0.626. The lowest BCUT2D eigenvalue weighted by Crippen LogP contribution is -2.33. The number of ether oxygens (including phenoxy) is 2. The summed E-state index contributed by atoms with van der Waals surface area (Å²) >= 11 is 0. The summed E-state index contributed by atoms with van der Waals surface area (Å²) in [4.78, 5) is 0. The number of hydrogen-bond donors (Lipinski definition) is 0. The molecule has 0 radical (unpaired) electrons. The third-order valence-corrected chi connectivity index (χ3v) is 2.25. The first-order valence-electron chi connectivity index (χ1n) is 5.45. The van der Waals surface area contributed by atoms with E-state index in [2.05, 4.69) is 0 Å². The molecule has 0 heterocycles. The predicted molar refractivity (Wildman–Crippen MR) is 61.8 cm³/mol. The van der Waals surface area contributed by atoms with Gasteiger partial charge in [-0.2, -0.15) is 0 Å². The van der Waals surface area contributed by atoms with Crippen LogP contribution in [0.5, 0.6) is 5.75 Å². The quantitative estimate of drug-likeness (QED) is 0.544. The van der Waals surface area contributed by atoms with Gasteiger partial charge in [-0.15, -0.1) is 5.46 Å². The van der Waals surface area contributed by atoms with E-state index in [4.69, 9.17) is 9.47 Å². The van der Waals surface area contributed by atoms with Gasteiger partial charge in [0.2, 0.25) is 0 Å². The first-order chi connectivity index (χ1) is 8.04. The standard InChI is InChI=1S/C11H15BF3O2/c1-16-7-2-3-8-17-11-6-4-5-10(9-11)12(13,14)15/h4-6,9H,2-3,7-8H2,1H3/q-1. The highest BCUT2D eigenvalue weighted by atomic mass is 19.4. The van der Waals surface area contributed by atoms with Crippen molar-refractivity contribution >= 4 is 12.4 Å². The number of unbranched alkanes of at least 4 members (excludes halogenated alkanes) is 1. The predicted octanol–water partition coefficient (Wildman–Crippen LogP) is 2.55. The summed E-state index contributed by atoms with van der Waals surface area (Å²) < 4.78 is 47.4.